The molecule has 0 saturated heterocycles. The highest BCUT2D eigenvalue weighted by Gasteiger charge is 2.06. The van der Waals surface area contributed by atoms with Gasteiger partial charge in [-0.3, -0.25) is 0 Å². The highest BCUT2D eigenvalue weighted by Crippen LogP contribution is 2.26. The summed E-state index contributed by atoms with van der Waals surface area (Å²) >= 11 is 1.50. The minimum Gasteiger partial charge on any atom is -0.388 e. The Morgan fingerprint density at radius 3 is 2.50 bits per heavy atom. The lowest BCUT2D eigenvalue weighted by Gasteiger charge is -2.04. The number of nitrogens with zero attached hydrogens (tertiary/aromatic N) is 2. The van der Waals surface area contributed by atoms with Crippen LogP contribution >= 0.6 is 11.9 Å². The number of methoxy groups -OCH3 is 1. The summed E-state index contributed by atoms with van der Waals surface area (Å²) in [5.74, 6) is 0. The fraction of sp³-hybridized carbons (Fsp3) is 0.143. The number of nitrogens with one attached hydrogen (secondary N) is 1. The second kappa shape index (κ2) is 7.52. The second-order valence-corrected chi connectivity index (χ2v) is 4.71. The lowest BCUT2D eigenvalue weighted by atomic mass is 10.3. The molecular formula is C14H15N3O2S. The zero-order chi connectivity index (χ0) is 14.2. The van der Waals surface area contributed by atoms with Crippen molar-refractivity contribution in [1.29, 1.82) is 0 Å². The van der Waals surface area contributed by atoms with Gasteiger partial charge in [-0.05, 0) is 46.5 Å². The molecule has 0 bridgehead atoms. The van der Waals surface area contributed by atoms with Gasteiger partial charge in [0.1, 0.15) is 5.52 Å². The molecule has 0 fully saturated rings. The van der Waals surface area contributed by atoms with Crippen molar-refractivity contribution < 1.29 is 9.37 Å². The van der Waals surface area contributed by atoms with E-state index in [1.807, 2.05) is 48.5 Å². The molecule has 6 heteroatoms. The van der Waals surface area contributed by atoms with Gasteiger partial charge < -0.3 is 9.46 Å². The van der Waals surface area contributed by atoms with Crippen LogP contribution < -0.4 is 4.72 Å². The summed E-state index contributed by atoms with van der Waals surface area (Å²) in [7, 11) is 3.25. The summed E-state index contributed by atoms with van der Waals surface area (Å²) in [6.45, 7) is 0. The average Bonchev–Trinajstić information content (AvgIpc) is 2.96. The fourth-order valence-electron chi connectivity index (χ4n) is 1.48. The molecule has 0 aliphatic rings. The van der Waals surface area contributed by atoms with Crippen LogP contribution in [0.1, 0.15) is 0 Å². The van der Waals surface area contributed by atoms with E-state index in [-0.39, 0.29) is 0 Å². The number of benzene rings is 2. The standard InChI is InChI=1S/C12H9N3OS.C2H6O/c1-2-5-9(6-3-1)15-17-11-8-4-7-10-12(11)14-16-13-10;1-3-2/h1-8,15H;1-2H3. The highest BCUT2D eigenvalue weighted by atomic mass is 32.2. The first-order valence-electron chi connectivity index (χ1n) is 5.94. The van der Waals surface area contributed by atoms with E-state index in [2.05, 4.69) is 19.8 Å². The van der Waals surface area contributed by atoms with Crippen LogP contribution in [0.25, 0.3) is 11.0 Å². The van der Waals surface area contributed by atoms with Gasteiger partial charge in [0, 0.05) is 19.9 Å². The molecule has 0 spiro atoms. The molecule has 5 nitrogen and oxygen atoms in total. The van der Waals surface area contributed by atoms with Crippen molar-refractivity contribution in [3.63, 3.8) is 0 Å². The highest BCUT2D eigenvalue weighted by molar-refractivity contribution is 8.00. The number of aromatic nitrogens is 2. The van der Waals surface area contributed by atoms with Crippen molar-refractivity contribution in [3.05, 3.63) is 48.5 Å². The van der Waals surface area contributed by atoms with E-state index in [1.54, 1.807) is 14.2 Å². The zero-order valence-electron chi connectivity index (χ0n) is 11.2. The van der Waals surface area contributed by atoms with Gasteiger partial charge in [0.15, 0.2) is 5.52 Å². The van der Waals surface area contributed by atoms with Gasteiger partial charge in [-0.1, -0.05) is 24.3 Å². The van der Waals surface area contributed by atoms with Crippen molar-refractivity contribution in [3.8, 4) is 0 Å². The Kier molecular flexibility index (Phi) is 5.40. The quantitative estimate of drug-likeness (QED) is 0.743. The molecule has 3 aromatic rings. The van der Waals surface area contributed by atoms with Crippen molar-refractivity contribution in [2.24, 2.45) is 0 Å². The molecular weight excluding hydrogens is 274 g/mol. The van der Waals surface area contributed by atoms with Gasteiger partial charge >= 0.3 is 0 Å². The molecule has 0 saturated carbocycles. The van der Waals surface area contributed by atoms with E-state index in [0.717, 1.165) is 21.6 Å². The summed E-state index contributed by atoms with van der Waals surface area (Å²) in [6.07, 6.45) is 0. The predicted octanol–water partition coefficient (Wildman–Crippen LogP) is 3.60. The van der Waals surface area contributed by atoms with Crippen molar-refractivity contribution in [1.82, 2.24) is 10.3 Å². The molecule has 104 valence electrons. The first-order chi connectivity index (χ1) is 9.85. The van der Waals surface area contributed by atoms with Crippen LogP contribution in [0.3, 0.4) is 0 Å². The Morgan fingerprint density at radius 1 is 1.00 bits per heavy atom. The van der Waals surface area contributed by atoms with Gasteiger partial charge in [-0.15, -0.1) is 0 Å². The maximum atomic E-state index is 4.72. The van der Waals surface area contributed by atoms with Crippen LogP contribution in [0.2, 0.25) is 0 Å². The maximum absolute atomic E-state index is 4.72. The number of para-hydroxylation sites is 1. The number of anilines is 1. The van der Waals surface area contributed by atoms with Gasteiger partial charge in [0.05, 0.1) is 4.90 Å². The van der Waals surface area contributed by atoms with E-state index in [9.17, 15) is 0 Å². The van der Waals surface area contributed by atoms with Gasteiger partial charge in [0.25, 0.3) is 0 Å². The summed E-state index contributed by atoms with van der Waals surface area (Å²) < 4.78 is 12.2. The minimum atomic E-state index is 0.768. The third kappa shape index (κ3) is 3.72. The van der Waals surface area contributed by atoms with Crippen LogP contribution in [-0.4, -0.2) is 24.5 Å². The Bertz CT molecular complexity index is 643. The molecule has 0 amide bonds. The Balaban J connectivity index is 0.000000452. The molecule has 0 radical (unpaired) electrons. The molecule has 0 atom stereocenters. The smallest absolute Gasteiger partial charge is 0.150 e. The summed E-state index contributed by atoms with van der Waals surface area (Å²) in [5.41, 5.74) is 2.59. The lowest BCUT2D eigenvalue weighted by Crippen LogP contribution is -1.86. The van der Waals surface area contributed by atoms with E-state index in [1.165, 1.54) is 11.9 Å². The number of rotatable bonds is 3. The topological polar surface area (TPSA) is 60.2 Å². The molecule has 0 unspecified atom stereocenters. The summed E-state index contributed by atoms with van der Waals surface area (Å²) in [6, 6.07) is 15.8. The molecule has 20 heavy (non-hydrogen) atoms. The van der Waals surface area contributed by atoms with Crippen molar-refractivity contribution in [2.45, 2.75) is 4.90 Å². The number of ether oxygens (including phenoxy) is 1. The number of hydrogen-bond donors (Lipinski definition) is 1. The largest absolute Gasteiger partial charge is 0.388 e. The van der Waals surface area contributed by atoms with E-state index >= 15 is 0 Å². The molecule has 1 N–H and O–H groups in total. The third-order valence-corrected chi connectivity index (χ3v) is 3.19. The Morgan fingerprint density at radius 2 is 1.75 bits per heavy atom. The number of fused-ring (bicyclic) bond motifs is 1. The van der Waals surface area contributed by atoms with Gasteiger partial charge in [0.2, 0.25) is 0 Å². The predicted molar refractivity (Wildman–Crippen MR) is 80.7 cm³/mol. The average molecular weight is 289 g/mol. The molecule has 3 rings (SSSR count). The van der Waals surface area contributed by atoms with Crippen LogP contribution in [0.5, 0.6) is 0 Å². The van der Waals surface area contributed by atoms with E-state index in [0.29, 0.717) is 0 Å². The van der Waals surface area contributed by atoms with Gasteiger partial charge in [-0.2, -0.15) is 0 Å². The fourth-order valence-corrected chi connectivity index (χ4v) is 2.23. The SMILES string of the molecule is COC.c1ccc(NSc2cccc3nonc23)cc1. The summed E-state index contributed by atoms with van der Waals surface area (Å²) in [5, 5.41) is 7.69. The normalized spacial score (nSPS) is 9.90. The van der Waals surface area contributed by atoms with Crippen LogP contribution in [0, 0.1) is 0 Å². The molecule has 2 aromatic carbocycles. The first-order valence-corrected chi connectivity index (χ1v) is 6.76. The molecule has 0 aliphatic heterocycles. The van der Waals surface area contributed by atoms with E-state index in [4.69, 9.17) is 4.63 Å². The second-order valence-electron chi connectivity index (χ2n) is 3.87. The van der Waals surface area contributed by atoms with Crippen molar-refractivity contribution in [2.75, 3.05) is 18.9 Å². The summed E-state index contributed by atoms with van der Waals surface area (Å²) in [4.78, 5) is 0.993. The van der Waals surface area contributed by atoms with E-state index < -0.39 is 0 Å². The molecule has 0 aliphatic carbocycles. The third-order valence-electron chi connectivity index (χ3n) is 2.30. The zero-order valence-corrected chi connectivity index (χ0v) is 12.1. The van der Waals surface area contributed by atoms with Crippen LogP contribution in [-0.2, 0) is 4.74 Å². The maximum Gasteiger partial charge on any atom is 0.150 e. The molecule has 1 aromatic heterocycles. The monoisotopic (exact) mass is 289 g/mol. The molecule has 1 heterocycles. The first kappa shape index (κ1) is 14.4. The van der Waals surface area contributed by atoms with Gasteiger partial charge in [-0.25, -0.2) is 4.63 Å². The Hall–Kier alpha value is -2.05. The lowest BCUT2D eigenvalue weighted by molar-refractivity contribution is 0.277. The van der Waals surface area contributed by atoms with Crippen LogP contribution in [0.15, 0.2) is 58.1 Å². The Labute approximate surface area is 121 Å². The minimum absolute atomic E-state index is 0.768. The van der Waals surface area contributed by atoms with Crippen LogP contribution in [0.4, 0.5) is 5.69 Å². The number of hydrogen-bond acceptors (Lipinski definition) is 6. The van der Waals surface area contributed by atoms with Crippen molar-refractivity contribution >= 4 is 28.7 Å².